The Morgan fingerprint density at radius 1 is 1.15 bits per heavy atom. The smallest absolute Gasteiger partial charge is 0.336 e. The van der Waals surface area contributed by atoms with E-state index in [-0.39, 0.29) is 30.6 Å². The summed E-state index contributed by atoms with van der Waals surface area (Å²) in [7, 11) is 1.56. The molecule has 1 fully saturated rings. The fraction of sp³-hybridized carbons (Fsp3) is 0.316. The van der Waals surface area contributed by atoms with Crippen LogP contribution < -0.4 is 5.63 Å². The number of hydrogen-bond acceptors (Lipinski definition) is 6. The van der Waals surface area contributed by atoms with Crippen molar-refractivity contribution in [2.45, 2.75) is 31.7 Å². The van der Waals surface area contributed by atoms with Crippen LogP contribution in [0.25, 0.3) is 16.7 Å². The van der Waals surface area contributed by atoms with Gasteiger partial charge in [-0.1, -0.05) is 0 Å². The highest BCUT2D eigenvalue weighted by atomic mass is 16.5. The lowest BCUT2D eigenvalue weighted by atomic mass is 9.95. The Morgan fingerprint density at radius 2 is 1.85 bits per heavy atom. The zero-order valence-electron chi connectivity index (χ0n) is 14.1. The predicted octanol–water partition coefficient (Wildman–Crippen LogP) is 3.05. The van der Waals surface area contributed by atoms with E-state index in [1.165, 1.54) is 10.6 Å². The van der Waals surface area contributed by atoms with Gasteiger partial charge in [0.15, 0.2) is 0 Å². The molecule has 134 valence electrons. The molecule has 1 saturated heterocycles. The van der Waals surface area contributed by atoms with Crippen LogP contribution in [0.4, 0.5) is 0 Å². The number of aromatic hydroxyl groups is 2. The first-order valence-electron chi connectivity index (χ1n) is 8.46. The van der Waals surface area contributed by atoms with E-state index in [9.17, 15) is 15.0 Å². The second kappa shape index (κ2) is 5.36. The summed E-state index contributed by atoms with van der Waals surface area (Å²) in [6.07, 6.45) is 1.33. The van der Waals surface area contributed by atoms with Gasteiger partial charge in [0.25, 0.3) is 0 Å². The molecule has 2 bridgehead atoms. The van der Waals surface area contributed by atoms with E-state index in [0.717, 1.165) is 23.8 Å². The summed E-state index contributed by atoms with van der Waals surface area (Å²) in [6, 6.07) is 6.59. The molecular formula is C19H17NO6. The van der Waals surface area contributed by atoms with Gasteiger partial charge >= 0.3 is 5.63 Å². The molecule has 3 aromatic rings. The van der Waals surface area contributed by atoms with Crippen molar-refractivity contribution in [1.29, 1.82) is 0 Å². The Morgan fingerprint density at radius 3 is 2.50 bits per heavy atom. The number of benzene rings is 1. The van der Waals surface area contributed by atoms with E-state index < -0.39 is 5.63 Å². The molecule has 7 nitrogen and oxygen atoms in total. The van der Waals surface area contributed by atoms with Crippen molar-refractivity contribution in [1.82, 2.24) is 4.57 Å². The van der Waals surface area contributed by atoms with E-state index in [2.05, 4.69) is 0 Å². The van der Waals surface area contributed by atoms with Gasteiger partial charge in [0.2, 0.25) is 11.8 Å². The monoisotopic (exact) mass is 355 g/mol. The Bertz CT molecular complexity index is 1060. The molecule has 0 radical (unpaired) electrons. The lowest BCUT2D eigenvalue weighted by Crippen LogP contribution is -2.02. The number of aromatic nitrogens is 1. The molecule has 2 N–H and O–H groups in total. The van der Waals surface area contributed by atoms with E-state index in [1.54, 1.807) is 25.3 Å². The number of nitrogens with zero attached hydrogens (tertiary/aromatic N) is 1. The maximum atomic E-state index is 11.8. The standard InChI is InChI=1S/C19H17NO6/c1-24-8-9-6-15(21)26-14-7-10(2-3-11(9)14)20-18(22)16-12-4-5-13(25-12)17(16)19(20)23/h2-3,6-7,12-13,22-23H,4-5,8H2,1H3/t12-,13+. The summed E-state index contributed by atoms with van der Waals surface area (Å²) in [6.45, 7) is 0.288. The number of hydrogen-bond donors (Lipinski definition) is 2. The van der Waals surface area contributed by atoms with Gasteiger partial charge in [-0.25, -0.2) is 4.79 Å². The van der Waals surface area contributed by atoms with Crippen LogP contribution in [0.15, 0.2) is 33.5 Å². The summed E-state index contributed by atoms with van der Waals surface area (Å²) in [5, 5.41) is 22.1. The highest BCUT2D eigenvalue weighted by Crippen LogP contribution is 2.58. The third-order valence-corrected chi connectivity index (χ3v) is 5.23. The van der Waals surface area contributed by atoms with E-state index in [0.29, 0.717) is 22.4 Å². The first kappa shape index (κ1) is 15.5. The first-order valence-corrected chi connectivity index (χ1v) is 8.46. The average molecular weight is 355 g/mol. The Hall–Kier alpha value is -2.77. The molecule has 7 heteroatoms. The fourth-order valence-corrected chi connectivity index (χ4v) is 4.16. The van der Waals surface area contributed by atoms with Crippen molar-refractivity contribution in [3.8, 4) is 17.4 Å². The van der Waals surface area contributed by atoms with Crippen LogP contribution in [0.3, 0.4) is 0 Å². The molecule has 1 aromatic carbocycles. The predicted molar refractivity (Wildman–Crippen MR) is 91.7 cm³/mol. The van der Waals surface area contributed by atoms with Crippen LogP contribution in [0, 0.1) is 0 Å². The molecule has 0 aliphatic carbocycles. The summed E-state index contributed by atoms with van der Waals surface area (Å²) in [5.74, 6) is -0.0566. The van der Waals surface area contributed by atoms with Crippen LogP contribution in [0.5, 0.6) is 11.8 Å². The molecule has 0 unspecified atom stereocenters. The van der Waals surface area contributed by atoms with Crippen LogP contribution in [-0.4, -0.2) is 21.9 Å². The van der Waals surface area contributed by atoms with Crippen molar-refractivity contribution in [3.63, 3.8) is 0 Å². The summed E-state index contributed by atoms with van der Waals surface area (Å²) in [5.41, 5.74) is 2.45. The molecule has 4 heterocycles. The minimum Gasteiger partial charge on any atom is -0.494 e. The SMILES string of the molecule is COCc1cc(=O)oc2cc(-n3c(O)c4c(c3O)[C@H]3CC[C@@H]4O3)ccc12. The van der Waals surface area contributed by atoms with Crippen molar-refractivity contribution in [2.24, 2.45) is 0 Å². The van der Waals surface area contributed by atoms with Gasteiger partial charge in [0.05, 0.1) is 35.6 Å². The Kier molecular flexibility index (Phi) is 3.19. The zero-order valence-corrected chi connectivity index (χ0v) is 14.1. The second-order valence-electron chi connectivity index (χ2n) is 6.70. The maximum absolute atomic E-state index is 11.8. The average Bonchev–Trinajstić information content (AvgIpc) is 3.28. The Balaban J connectivity index is 1.71. The van der Waals surface area contributed by atoms with Crippen molar-refractivity contribution in [3.05, 3.63) is 51.4 Å². The van der Waals surface area contributed by atoms with E-state index >= 15 is 0 Å². The number of rotatable bonds is 3. The van der Waals surface area contributed by atoms with Gasteiger partial charge in [-0.2, -0.15) is 0 Å². The van der Waals surface area contributed by atoms with Crippen molar-refractivity contribution >= 4 is 11.0 Å². The molecule has 5 rings (SSSR count). The minimum atomic E-state index is -0.475. The molecule has 2 aromatic heterocycles. The largest absolute Gasteiger partial charge is 0.494 e. The Labute approximate surface area is 148 Å². The van der Waals surface area contributed by atoms with Gasteiger partial charge in [0.1, 0.15) is 5.58 Å². The maximum Gasteiger partial charge on any atom is 0.336 e. The molecule has 26 heavy (non-hydrogen) atoms. The molecule has 2 aliphatic rings. The lowest BCUT2D eigenvalue weighted by Gasteiger charge is -2.11. The number of fused-ring (bicyclic) bond motifs is 6. The minimum absolute atomic E-state index is 0.0283. The third kappa shape index (κ3) is 1.98. The van der Waals surface area contributed by atoms with E-state index in [1.807, 2.05) is 0 Å². The molecule has 0 amide bonds. The van der Waals surface area contributed by atoms with Gasteiger partial charge in [-0.3, -0.25) is 4.57 Å². The van der Waals surface area contributed by atoms with Crippen LogP contribution >= 0.6 is 0 Å². The molecular weight excluding hydrogens is 338 g/mol. The highest BCUT2D eigenvalue weighted by molar-refractivity contribution is 5.82. The van der Waals surface area contributed by atoms with Crippen molar-refractivity contribution in [2.75, 3.05) is 7.11 Å². The number of methoxy groups -OCH3 is 1. The van der Waals surface area contributed by atoms with Crippen LogP contribution in [0.1, 0.15) is 41.7 Å². The summed E-state index contributed by atoms with van der Waals surface area (Å²) >= 11 is 0. The molecule has 0 saturated carbocycles. The van der Waals surface area contributed by atoms with E-state index in [4.69, 9.17) is 13.9 Å². The quantitative estimate of drug-likeness (QED) is 0.702. The van der Waals surface area contributed by atoms with Gasteiger partial charge in [-0.15, -0.1) is 0 Å². The third-order valence-electron chi connectivity index (χ3n) is 5.23. The van der Waals surface area contributed by atoms with Gasteiger partial charge in [-0.05, 0) is 30.5 Å². The normalized spacial score (nSPS) is 20.8. The summed E-state index contributed by atoms with van der Waals surface area (Å²) in [4.78, 5) is 11.8. The second-order valence-corrected chi connectivity index (χ2v) is 6.70. The first-order chi connectivity index (χ1) is 12.6. The lowest BCUT2D eigenvalue weighted by molar-refractivity contribution is 0.0683. The summed E-state index contributed by atoms with van der Waals surface area (Å²) < 4.78 is 17.6. The van der Waals surface area contributed by atoms with Crippen LogP contribution in [0.2, 0.25) is 0 Å². The molecule has 2 aliphatic heterocycles. The van der Waals surface area contributed by atoms with Crippen molar-refractivity contribution < 1.29 is 24.1 Å². The molecule has 0 spiro atoms. The van der Waals surface area contributed by atoms with Gasteiger partial charge < -0.3 is 24.1 Å². The molecule has 2 atom stereocenters. The topological polar surface area (TPSA) is 94.1 Å². The zero-order chi connectivity index (χ0) is 18.0. The highest BCUT2D eigenvalue weighted by Gasteiger charge is 2.45. The van der Waals surface area contributed by atoms with Gasteiger partial charge in [0, 0.05) is 24.6 Å². The fourth-order valence-electron chi connectivity index (χ4n) is 4.16. The van der Waals surface area contributed by atoms with Crippen LogP contribution in [-0.2, 0) is 16.1 Å². The number of ether oxygens (including phenoxy) is 2.